The normalized spacial score (nSPS) is 16.9. The van der Waals surface area contributed by atoms with Gasteiger partial charge < -0.3 is 20.2 Å². The molecule has 7 nitrogen and oxygen atoms in total. The number of anilines is 1. The van der Waals surface area contributed by atoms with Gasteiger partial charge in [-0.3, -0.25) is 9.59 Å². The summed E-state index contributed by atoms with van der Waals surface area (Å²) in [5.41, 5.74) is 2.68. The molecule has 2 N–H and O–H groups in total. The number of nitrogens with one attached hydrogen (secondary N) is 1. The summed E-state index contributed by atoms with van der Waals surface area (Å²) in [6, 6.07) is 10.8. The molecule has 0 aliphatic carbocycles. The average molecular weight is 579 g/mol. The van der Waals surface area contributed by atoms with Gasteiger partial charge in [-0.25, -0.2) is 9.38 Å². The molecule has 1 aliphatic rings. The number of para-hydroxylation sites is 1. The van der Waals surface area contributed by atoms with Crippen LogP contribution in [0.3, 0.4) is 0 Å². The first-order chi connectivity index (χ1) is 19.7. The summed E-state index contributed by atoms with van der Waals surface area (Å²) in [4.78, 5) is 33.0. The number of aliphatic hydroxyl groups excluding tert-OH is 1. The van der Waals surface area contributed by atoms with Gasteiger partial charge in [-0.15, -0.1) is 0 Å². The molecule has 1 fully saturated rings. The molecule has 1 aliphatic heterocycles. The van der Waals surface area contributed by atoms with Crippen LogP contribution >= 0.6 is 11.6 Å². The number of piperazine rings is 1. The molecule has 3 rings (SSSR count). The van der Waals surface area contributed by atoms with Crippen LogP contribution in [-0.4, -0.2) is 58.7 Å². The van der Waals surface area contributed by atoms with E-state index in [0.717, 1.165) is 11.3 Å². The van der Waals surface area contributed by atoms with Crippen molar-refractivity contribution in [3.63, 3.8) is 0 Å². The molecular weight excluding hydrogens is 543 g/mol. The van der Waals surface area contributed by atoms with Crippen LogP contribution in [0.25, 0.3) is 5.57 Å². The zero-order valence-corrected chi connectivity index (χ0v) is 24.5. The van der Waals surface area contributed by atoms with Crippen molar-refractivity contribution >= 4 is 46.7 Å². The third kappa shape index (κ3) is 7.32. The number of allylic oxidation sites excluding steroid dienone is 5. The summed E-state index contributed by atoms with van der Waals surface area (Å²) in [6.45, 7) is 12.9. The first kappa shape index (κ1) is 31.4. The molecular formula is C32H36ClFN4O3. The molecule has 9 heteroatoms. The largest absolute Gasteiger partial charge is 0.515 e. The molecule has 1 atom stereocenters. The minimum atomic E-state index is -0.700. The Morgan fingerprint density at radius 1 is 1.24 bits per heavy atom. The number of halogens is 2. The SMILES string of the molecule is C=CC(=O)N1CCN(/C(=N/c2ccccc2C(C)C)c2cc(Cl)c(C(=C\O)/C(F)=C\C=C/C)cc2NC=O)C(C)C1. The number of carbonyl (C=O) groups is 2. The van der Waals surface area contributed by atoms with Crippen molar-refractivity contribution in [2.75, 3.05) is 25.0 Å². The number of aliphatic hydroxyl groups is 1. The summed E-state index contributed by atoms with van der Waals surface area (Å²) in [5, 5.41) is 12.8. The second kappa shape index (κ2) is 14.5. The Balaban J connectivity index is 2.26. The lowest BCUT2D eigenvalue weighted by atomic mass is 9.99. The summed E-state index contributed by atoms with van der Waals surface area (Å²) in [6.07, 6.45) is 6.83. The standard InChI is InChI=1S/C32H36ClFN4O3/c1-6-8-12-28(34)26(19-39)24-17-30(35-20-40)25(16-27(24)33)32(36-29-13-10-9-11-23(29)21(3)4)38-15-14-37(18-22(38)5)31(41)7-2/h6-13,16-17,19-22,39H,2,14-15,18H2,1,3-5H3,(H,35,40)/b8-6-,26-19+,28-12+,36-32+. The van der Waals surface area contributed by atoms with Crippen molar-refractivity contribution in [1.82, 2.24) is 9.80 Å². The molecule has 0 aromatic heterocycles. The van der Waals surface area contributed by atoms with Gasteiger partial charge in [0.2, 0.25) is 12.3 Å². The molecule has 0 radical (unpaired) electrons. The fourth-order valence-electron chi connectivity index (χ4n) is 4.75. The molecule has 1 unspecified atom stereocenters. The third-order valence-electron chi connectivity index (χ3n) is 6.85. The van der Waals surface area contributed by atoms with E-state index in [2.05, 4.69) is 30.6 Å². The first-order valence-electron chi connectivity index (χ1n) is 13.4. The number of amides is 2. The van der Waals surface area contributed by atoms with Gasteiger partial charge in [0.05, 0.1) is 23.2 Å². The zero-order chi connectivity index (χ0) is 30.1. The lowest BCUT2D eigenvalue weighted by molar-refractivity contribution is -0.128. The number of hydrogen-bond donors (Lipinski definition) is 2. The highest BCUT2D eigenvalue weighted by atomic mass is 35.5. The molecule has 0 saturated carbocycles. The Kier molecular flexibility index (Phi) is 11.1. The molecule has 216 valence electrons. The fourth-order valence-corrected chi connectivity index (χ4v) is 5.02. The van der Waals surface area contributed by atoms with Crippen molar-refractivity contribution in [2.45, 2.75) is 39.7 Å². The number of benzene rings is 2. The zero-order valence-electron chi connectivity index (χ0n) is 23.8. The van der Waals surface area contributed by atoms with Crippen molar-refractivity contribution in [3.05, 3.63) is 101 Å². The van der Waals surface area contributed by atoms with Crippen molar-refractivity contribution in [2.24, 2.45) is 4.99 Å². The highest BCUT2D eigenvalue weighted by Crippen LogP contribution is 2.36. The van der Waals surface area contributed by atoms with E-state index in [0.29, 0.717) is 49.4 Å². The van der Waals surface area contributed by atoms with Crippen LogP contribution in [0.1, 0.15) is 50.3 Å². The lowest BCUT2D eigenvalue weighted by Crippen LogP contribution is -2.55. The van der Waals surface area contributed by atoms with Crippen LogP contribution in [0.4, 0.5) is 15.8 Å². The number of hydrogen-bond acceptors (Lipinski definition) is 4. The van der Waals surface area contributed by atoms with E-state index in [1.54, 1.807) is 24.0 Å². The van der Waals surface area contributed by atoms with Gasteiger partial charge in [-0.05, 0) is 55.7 Å². The second-order valence-corrected chi connectivity index (χ2v) is 10.3. The van der Waals surface area contributed by atoms with Gasteiger partial charge in [0.15, 0.2) is 0 Å². The summed E-state index contributed by atoms with van der Waals surface area (Å²) < 4.78 is 14.9. The van der Waals surface area contributed by atoms with E-state index in [4.69, 9.17) is 16.6 Å². The molecule has 0 spiro atoms. The highest BCUT2D eigenvalue weighted by Gasteiger charge is 2.30. The fraction of sp³-hybridized carbons (Fsp3) is 0.281. The molecule has 41 heavy (non-hydrogen) atoms. The maximum Gasteiger partial charge on any atom is 0.246 e. The molecule has 2 aromatic rings. The van der Waals surface area contributed by atoms with Crippen LogP contribution in [0.15, 0.2) is 84.4 Å². The number of carbonyl (C=O) groups excluding carboxylic acids is 2. The van der Waals surface area contributed by atoms with Crippen LogP contribution in [0, 0.1) is 0 Å². The van der Waals surface area contributed by atoms with Gasteiger partial charge in [-0.2, -0.15) is 0 Å². The van der Waals surface area contributed by atoms with Crippen molar-refractivity contribution in [1.29, 1.82) is 0 Å². The lowest BCUT2D eigenvalue weighted by Gasteiger charge is -2.41. The van der Waals surface area contributed by atoms with Crippen LogP contribution in [-0.2, 0) is 9.59 Å². The van der Waals surface area contributed by atoms with Crippen LogP contribution in [0.2, 0.25) is 5.02 Å². The molecule has 2 amide bonds. The number of aliphatic imine (C=N–C) groups is 1. The number of nitrogens with zero attached hydrogens (tertiary/aromatic N) is 3. The Labute approximate surface area is 246 Å². The summed E-state index contributed by atoms with van der Waals surface area (Å²) in [5.74, 6) is -0.118. The molecule has 2 aromatic carbocycles. The van der Waals surface area contributed by atoms with E-state index in [9.17, 15) is 19.1 Å². The predicted molar refractivity (Wildman–Crippen MR) is 165 cm³/mol. The monoisotopic (exact) mass is 578 g/mol. The van der Waals surface area contributed by atoms with E-state index in [1.807, 2.05) is 31.2 Å². The second-order valence-electron chi connectivity index (χ2n) is 9.90. The van der Waals surface area contributed by atoms with E-state index >= 15 is 0 Å². The highest BCUT2D eigenvalue weighted by molar-refractivity contribution is 6.33. The van der Waals surface area contributed by atoms with Gasteiger partial charge in [0, 0.05) is 41.8 Å². The van der Waals surface area contributed by atoms with Crippen molar-refractivity contribution < 1.29 is 19.1 Å². The predicted octanol–water partition coefficient (Wildman–Crippen LogP) is 7.16. The number of amidine groups is 1. The van der Waals surface area contributed by atoms with E-state index in [1.165, 1.54) is 24.3 Å². The molecule has 1 heterocycles. The van der Waals surface area contributed by atoms with Gasteiger partial charge in [0.1, 0.15) is 11.7 Å². The minimum Gasteiger partial charge on any atom is -0.515 e. The molecule has 1 saturated heterocycles. The summed E-state index contributed by atoms with van der Waals surface area (Å²) in [7, 11) is 0. The van der Waals surface area contributed by atoms with Crippen LogP contribution in [0.5, 0.6) is 0 Å². The van der Waals surface area contributed by atoms with Gasteiger partial charge >= 0.3 is 0 Å². The first-order valence-corrected chi connectivity index (χ1v) is 13.8. The van der Waals surface area contributed by atoms with Crippen molar-refractivity contribution in [3.8, 4) is 0 Å². The Hall–Kier alpha value is -4.17. The quantitative estimate of drug-likeness (QED) is 0.0826. The minimum absolute atomic E-state index is 0.137. The molecule has 0 bridgehead atoms. The maximum atomic E-state index is 14.9. The smallest absolute Gasteiger partial charge is 0.246 e. The maximum absolute atomic E-state index is 14.9. The Morgan fingerprint density at radius 3 is 2.59 bits per heavy atom. The topological polar surface area (TPSA) is 85.2 Å². The van der Waals surface area contributed by atoms with Gasteiger partial charge in [0.25, 0.3) is 0 Å². The Morgan fingerprint density at radius 2 is 1.98 bits per heavy atom. The van der Waals surface area contributed by atoms with E-state index < -0.39 is 5.83 Å². The van der Waals surface area contributed by atoms with E-state index in [-0.39, 0.29) is 34.0 Å². The van der Waals surface area contributed by atoms with Crippen LogP contribution < -0.4 is 5.32 Å². The summed E-state index contributed by atoms with van der Waals surface area (Å²) >= 11 is 6.72. The average Bonchev–Trinajstić information content (AvgIpc) is 2.96. The Bertz CT molecular complexity index is 1410. The van der Waals surface area contributed by atoms with Gasteiger partial charge in [-0.1, -0.05) is 62.4 Å². The number of rotatable bonds is 9. The third-order valence-corrected chi connectivity index (χ3v) is 7.16.